The highest BCUT2D eigenvalue weighted by Crippen LogP contribution is 2.12. The first-order chi connectivity index (χ1) is 5.74. The third kappa shape index (κ3) is 5.46. The molecule has 0 aliphatic carbocycles. The second kappa shape index (κ2) is 4.45. The summed E-state index contributed by atoms with van der Waals surface area (Å²) < 4.78 is 34.9. The monoisotopic (exact) mass is 198 g/mol. The molecule has 1 amide bonds. The second-order valence-electron chi connectivity index (χ2n) is 2.98. The summed E-state index contributed by atoms with van der Waals surface area (Å²) in [6, 6.07) is -0.451. The lowest BCUT2D eigenvalue weighted by molar-refractivity contribution is -0.140. The van der Waals surface area contributed by atoms with E-state index in [1.807, 2.05) is 0 Å². The zero-order chi connectivity index (χ0) is 10.6. The van der Waals surface area contributed by atoms with Crippen molar-refractivity contribution in [3.63, 3.8) is 0 Å². The third-order valence-electron chi connectivity index (χ3n) is 1.67. The molecule has 0 saturated heterocycles. The molecule has 13 heavy (non-hydrogen) atoms. The summed E-state index contributed by atoms with van der Waals surface area (Å²) in [5, 5.41) is 1.76. The van der Waals surface area contributed by atoms with Crippen LogP contribution in [0.3, 0.4) is 0 Å². The summed E-state index contributed by atoms with van der Waals surface area (Å²) in [7, 11) is 0. The second-order valence-corrected chi connectivity index (χ2v) is 2.98. The van der Waals surface area contributed by atoms with Crippen LogP contribution in [0.5, 0.6) is 0 Å². The molecule has 0 saturated carbocycles. The van der Waals surface area contributed by atoms with Crippen LogP contribution in [0.1, 0.15) is 13.8 Å². The van der Waals surface area contributed by atoms with E-state index in [1.165, 1.54) is 6.92 Å². The number of amides is 1. The SMILES string of the molecule is CC(N)C(C)C(=O)NCC(F)(F)F. The Bertz CT molecular complexity index is 179. The Morgan fingerprint density at radius 3 is 2.23 bits per heavy atom. The number of hydrogen-bond acceptors (Lipinski definition) is 2. The van der Waals surface area contributed by atoms with Crippen LogP contribution in [0.2, 0.25) is 0 Å². The van der Waals surface area contributed by atoms with Gasteiger partial charge >= 0.3 is 6.18 Å². The van der Waals surface area contributed by atoms with Gasteiger partial charge in [-0.25, -0.2) is 0 Å². The Kier molecular flexibility index (Phi) is 4.19. The van der Waals surface area contributed by atoms with Crippen LogP contribution in [-0.4, -0.2) is 24.7 Å². The van der Waals surface area contributed by atoms with Gasteiger partial charge in [-0.15, -0.1) is 0 Å². The summed E-state index contributed by atoms with van der Waals surface area (Å²) in [4.78, 5) is 10.9. The molecule has 0 radical (unpaired) electrons. The molecule has 0 spiro atoms. The van der Waals surface area contributed by atoms with Gasteiger partial charge in [-0.3, -0.25) is 4.79 Å². The van der Waals surface area contributed by atoms with E-state index in [1.54, 1.807) is 12.2 Å². The molecular weight excluding hydrogens is 185 g/mol. The van der Waals surface area contributed by atoms with Crippen molar-refractivity contribution in [2.45, 2.75) is 26.1 Å². The minimum absolute atomic E-state index is 0.451. The Hall–Kier alpha value is -0.780. The van der Waals surface area contributed by atoms with Crippen molar-refractivity contribution < 1.29 is 18.0 Å². The van der Waals surface area contributed by atoms with Gasteiger partial charge in [0.2, 0.25) is 5.91 Å². The van der Waals surface area contributed by atoms with E-state index < -0.39 is 30.6 Å². The molecule has 3 N–H and O–H groups in total. The van der Waals surface area contributed by atoms with Crippen LogP contribution in [0, 0.1) is 5.92 Å². The topological polar surface area (TPSA) is 55.1 Å². The Balaban J connectivity index is 3.89. The number of nitrogens with two attached hydrogens (primary N) is 1. The number of halogens is 3. The molecule has 0 aromatic heterocycles. The molecule has 2 unspecified atom stereocenters. The van der Waals surface area contributed by atoms with Crippen LogP contribution in [0.4, 0.5) is 13.2 Å². The van der Waals surface area contributed by atoms with Crippen molar-refractivity contribution in [2.75, 3.05) is 6.54 Å². The van der Waals surface area contributed by atoms with Gasteiger partial charge in [0.05, 0.1) is 0 Å². The smallest absolute Gasteiger partial charge is 0.347 e. The van der Waals surface area contributed by atoms with Crippen LogP contribution >= 0.6 is 0 Å². The first-order valence-corrected chi connectivity index (χ1v) is 3.84. The Morgan fingerprint density at radius 2 is 1.92 bits per heavy atom. The number of carbonyl (C=O) groups is 1. The molecule has 0 aliphatic rings. The van der Waals surface area contributed by atoms with Gasteiger partial charge in [-0.2, -0.15) is 13.2 Å². The van der Waals surface area contributed by atoms with Gasteiger partial charge < -0.3 is 11.1 Å². The van der Waals surface area contributed by atoms with E-state index in [2.05, 4.69) is 0 Å². The van der Waals surface area contributed by atoms with E-state index in [0.717, 1.165) is 0 Å². The summed E-state index contributed by atoms with van der Waals surface area (Å²) >= 11 is 0. The number of alkyl halides is 3. The molecule has 0 rings (SSSR count). The van der Waals surface area contributed by atoms with Gasteiger partial charge in [0.1, 0.15) is 6.54 Å². The molecule has 3 nitrogen and oxygen atoms in total. The predicted molar refractivity (Wildman–Crippen MR) is 41.9 cm³/mol. The Labute approximate surface area is 74.5 Å². The summed E-state index contributed by atoms with van der Waals surface area (Å²) in [6.07, 6.45) is -4.37. The third-order valence-corrected chi connectivity index (χ3v) is 1.67. The average Bonchev–Trinajstić information content (AvgIpc) is 1.97. The van der Waals surface area contributed by atoms with Gasteiger partial charge in [-0.05, 0) is 6.92 Å². The van der Waals surface area contributed by atoms with Crippen molar-refractivity contribution in [3.05, 3.63) is 0 Å². The lowest BCUT2D eigenvalue weighted by Gasteiger charge is -2.16. The lowest BCUT2D eigenvalue weighted by Crippen LogP contribution is -2.42. The normalized spacial score (nSPS) is 16.5. The van der Waals surface area contributed by atoms with Crippen molar-refractivity contribution in [1.29, 1.82) is 0 Å². The average molecular weight is 198 g/mol. The van der Waals surface area contributed by atoms with E-state index >= 15 is 0 Å². The van der Waals surface area contributed by atoms with Crippen LogP contribution in [-0.2, 0) is 4.79 Å². The Morgan fingerprint density at radius 1 is 1.46 bits per heavy atom. The number of rotatable bonds is 3. The molecule has 0 heterocycles. The quantitative estimate of drug-likeness (QED) is 0.699. The molecular formula is C7H13F3N2O. The highest BCUT2D eigenvalue weighted by molar-refractivity contribution is 5.78. The summed E-state index contributed by atoms with van der Waals surface area (Å²) in [6.45, 7) is 1.75. The van der Waals surface area contributed by atoms with Crippen molar-refractivity contribution in [1.82, 2.24) is 5.32 Å². The summed E-state index contributed by atoms with van der Waals surface area (Å²) in [5.41, 5.74) is 5.33. The highest BCUT2D eigenvalue weighted by atomic mass is 19.4. The lowest BCUT2D eigenvalue weighted by atomic mass is 10.0. The van der Waals surface area contributed by atoms with Crippen molar-refractivity contribution in [2.24, 2.45) is 11.7 Å². The molecule has 2 atom stereocenters. The maximum atomic E-state index is 11.6. The summed E-state index contributed by atoms with van der Waals surface area (Å²) in [5.74, 6) is -1.28. The maximum absolute atomic E-state index is 11.6. The van der Waals surface area contributed by atoms with E-state index in [-0.39, 0.29) is 0 Å². The molecule has 78 valence electrons. The first kappa shape index (κ1) is 12.2. The van der Waals surface area contributed by atoms with Gasteiger partial charge in [0.15, 0.2) is 0 Å². The van der Waals surface area contributed by atoms with Crippen LogP contribution in [0.25, 0.3) is 0 Å². The van der Waals surface area contributed by atoms with Crippen LogP contribution in [0.15, 0.2) is 0 Å². The number of carbonyl (C=O) groups excluding carboxylic acids is 1. The zero-order valence-corrected chi connectivity index (χ0v) is 7.48. The van der Waals surface area contributed by atoms with Gasteiger partial charge in [0.25, 0.3) is 0 Å². The standard InChI is InChI=1S/C7H13F3N2O/c1-4(5(2)11)6(13)12-3-7(8,9)10/h4-5H,3,11H2,1-2H3,(H,12,13). The molecule has 6 heteroatoms. The molecule has 0 bridgehead atoms. The maximum Gasteiger partial charge on any atom is 0.405 e. The van der Waals surface area contributed by atoms with Crippen molar-refractivity contribution >= 4 is 5.91 Å². The molecule has 0 fully saturated rings. The molecule has 0 aromatic rings. The number of nitrogens with one attached hydrogen (secondary N) is 1. The largest absolute Gasteiger partial charge is 0.405 e. The highest BCUT2D eigenvalue weighted by Gasteiger charge is 2.29. The van der Waals surface area contributed by atoms with E-state index in [0.29, 0.717) is 0 Å². The molecule has 0 aliphatic heterocycles. The fourth-order valence-corrected chi connectivity index (χ4v) is 0.587. The minimum atomic E-state index is -4.37. The van der Waals surface area contributed by atoms with Crippen LogP contribution < -0.4 is 11.1 Å². The first-order valence-electron chi connectivity index (χ1n) is 3.84. The zero-order valence-electron chi connectivity index (χ0n) is 7.48. The van der Waals surface area contributed by atoms with E-state index in [9.17, 15) is 18.0 Å². The fraction of sp³-hybridized carbons (Fsp3) is 0.857. The minimum Gasteiger partial charge on any atom is -0.347 e. The van der Waals surface area contributed by atoms with E-state index in [4.69, 9.17) is 5.73 Å². The van der Waals surface area contributed by atoms with Crippen molar-refractivity contribution in [3.8, 4) is 0 Å². The van der Waals surface area contributed by atoms with Gasteiger partial charge in [0, 0.05) is 12.0 Å². The van der Waals surface area contributed by atoms with Gasteiger partial charge in [-0.1, -0.05) is 6.92 Å². The molecule has 0 aromatic carbocycles. The number of hydrogen-bond donors (Lipinski definition) is 2. The predicted octanol–water partition coefficient (Wildman–Crippen LogP) is 0.648. The fourth-order valence-electron chi connectivity index (χ4n) is 0.587.